The van der Waals surface area contributed by atoms with Crippen molar-refractivity contribution in [2.45, 2.75) is 30.1 Å². The van der Waals surface area contributed by atoms with Gasteiger partial charge in [0.15, 0.2) is 0 Å². The number of nitro groups is 1. The van der Waals surface area contributed by atoms with E-state index in [-0.39, 0.29) is 10.9 Å². The largest absolute Gasteiger partial charge is 0.392 e. The summed E-state index contributed by atoms with van der Waals surface area (Å²) in [6, 6.07) is 6.55. The second-order valence-electron chi connectivity index (χ2n) is 3.29. The average molecular weight is 227 g/mol. The zero-order valence-corrected chi connectivity index (χ0v) is 9.40. The summed E-state index contributed by atoms with van der Waals surface area (Å²) in [5, 5.41) is 20.0. The molecule has 1 aromatic carbocycles. The Balaban J connectivity index is 2.89. The lowest BCUT2D eigenvalue weighted by Gasteiger charge is -2.13. The van der Waals surface area contributed by atoms with Crippen LogP contribution >= 0.6 is 11.8 Å². The van der Waals surface area contributed by atoms with Crippen molar-refractivity contribution in [3.8, 4) is 0 Å². The van der Waals surface area contributed by atoms with E-state index in [1.54, 1.807) is 25.1 Å². The van der Waals surface area contributed by atoms with E-state index in [1.807, 2.05) is 6.92 Å². The Bertz CT molecular complexity index is 354. The van der Waals surface area contributed by atoms with E-state index in [2.05, 4.69) is 0 Å². The van der Waals surface area contributed by atoms with Crippen molar-refractivity contribution in [1.29, 1.82) is 0 Å². The van der Waals surface area contributed by atoms with Gasteiger partial charge in [-0.25, -0.2) is 0 Å². The highest BCUT2D eigenvalue weighted by Crippen LogP contribution is 2.32. The smallest absolute Gasteiger partial charge is 0.282 e. The molecule has 1 N–H and O–H groups in total. The molecule has 0 fully saturated rings. The summed E-state index contributed by atoms with van der Waals surface area (Å²) in [6.45, 7) is 3.51. The zero-order valence-electron chi connectivity index (χ0n) is 8.58. The van der Waals surface area contributed by atoms with Crippen molar-refractivity contribution in [1.82, 2.24) is 0 Å². The first-order valence-electron chi connectivity index (χ1n) is 4.60. The van der Waals surface area contributed by atoms with E-state index in [1.165, 1.54) is 17.8 Å². The molecule has 0 aliphatic carbocycles. The fraction of sp³-hybridized carbons (Fsp3) is 0.400. The number of hydrogen-bond donors (Lipinski definition) is 1. The van der Waals surface area contributed by atoms with E-state index in [4.69, 9.17) is 0 Å². The number of thioether (sulfide) groups is 1. The van der Waals surface area contributed by atoms with Gasteiger partial charge in [0.25, 0.3) is 5.69 Å². The van der Waals surface area contributed by atoms with Crippen molar-refractivity contribution in [2.24, 2.45) is 0 Å². The van der Waals surface area contributed by atoms with Gasteiger partial charge in [0, 0.05) is 11.3 Å². The van der Waals surface area contributed by atoms with Crippen LogP contribution in [0.1, 0.15) is 13.8 Å². The number of para-hydroxylation sites is 1. The number of benzene rings is 1. The predicted octanol–water partition coefficient (Wildman–Crippen LogP) is 2.46. The summed E-state index contributed by atoms with van der Waals surface area (Å²) in [4.78, 5) is 10.9. The van der Waals surface area contributed by atoms with Crippen LogP contribution in [0.15, 0.2) is 29.2 Å². The second-order valence-corrected chi connectivity index (χ2v) is 4.71. The molecule has 1 rings (SSSR count). The molecule has 1 aromatic rings. The van der Waals surface area contributed by atoms with Gasteiger partial charge in [0.1, 0.15) is 0 Å². The lowest BCUT2D eigenvalue weighted by molar-refractivity contribution is -0.387. The third-order valence-electron chi connectivity index (χ3n) is 2.05. The molecule has 0 spiro atoms. The van der Waals surface area contributed by atoms with Gasteiger partial charge in [-0.3, -0.25) is 10.1 Å². The van der Waals surface area contributed by atoms with Crippen molar-refractivity contribution < 1.29 is 10.0 Å². The number of aliphatic hydroxyl groups excluding tert-OH is 1. The Morgan fingerprint density at radius 1 is 1.40 bits per heavy atom. The van der Waals surface area contributed by atoms with Crippen LogP contribution in [0, 0.1) is 10.1 Å². The maximum absolute atomic E-state index is 10.7. The van der Waals surface area contributed by atoms with Crippen molar-refractivity contribution in [2.75, 3.05) is 0 Å². The van der Waals surface area contributed by atoms with Gasteiger partial charge in [-0.15, -0.1) is 11.8 Å². The van der Waals surface area contributed by atoms with Crippen LogP contribution in [-0.4, -0.2) is 21.4 Å². The molecule has 2 atom stereocenters. The van der Waals surface area contributed by atoms with Crippen LogP contribution in [-0.2, 0) is 0 Å². The molecule has 0 saturated carbocycles. The lowest BCUT2D eigenvalue weighted by Crippen LogP contribution is -2.15. The maximum Gasteiger partial charge on any atom is 0.282 e. The van der Waals surface area contributed by atoms with E-state index >= 15 is 0 Å². The summed E-state index contributed by atoms with van der Waals surface area (Å²) in [5.74, 6) is 0. The minimum atomic E-state index is -0.491. The number of aliphatic hydroxyl groups is 1. The molecule has 0 saturated heterocycles. The highest BCUT2D eigenvalue weighted by atomic mass is 32.2. The van der Waals surface area contributed by atoms with Crippen LogP contribution in [0.3, 0.4) is 0 Å². The zero-order chi connectivity index (χ0) is 11.4. The lowest BCUT2D eigenvalue weighted by atomic mass is 10.3. The predicted molar refractivity (Wildman–Crippen MR) is 60.1 cm³/mol. The van der Waals surface area contributed by atoms with E-state index in [0.29, 0.717) is 4.90 Å². The highest BCUT2D eigenvalue weighted by Gasteiger charge is 2.17. The molecule has 15 heavy (non-hydrogen) atoms. The first kappa shape index (κ1) is 12.0. The first-order chi connectivity index (χ1) is 7.02. The van der Waals surface area contributed by atoms with Crippen LogP contribution in [0.2, 0.25) is 0 Å². The Kier molecular flexibility index (Phi) is 4.11. The van der Waals surface area contributed by atoms with Crippen LogP contribution in [0.25, 0.3) is 0 Å². The van der Waals surface area contributed by atoms with Crippen LogP contribution < -0.4 is 0 Å². The molecule has 82 valence electrons. The van der Waals surface area contributed by atoms with Gasteiger partial charge in [-0.2, -0.15) is 0 Å². The van der Waals surface area contributed by atoms with Crippen molar-refractivity contribution >= 4 is 17.4 Å². The number of rotatable bonds is 4. The molecule has 0 amide bonds. The van der Waals surface area contributed by atoms with Gasteiger partial charge < -0.3 is 5.11 Å². The Morgan fingerprint density at radius 3 is 2.53 bits per heavy atom. The molecular weight excluding hydrogens is 214 g/mol. The van der Waals surface area contributed by atoms with Gasteiger partial charge in [-0.1, -0.05) is 19.1 Å². The van der Waals surface area contributed by atoms with E-state index in [9.17, 15) is 15.2 Å². The maximum atomic E-state index is 10.7. The number of nitrogens with zero attached hydrogens (tertiary/aromatic N) is 1. The Hall–Kier alpha value is -1.07. The quantitative estimate of drug-likeness (QED) is 0.487. The fourth-order valence-electron chi connectivity index (χ4n) is 1.01. The van der Waals surface area contributed by atoms with Crippen LogP contribution in [0.4, 0.5) is 5.69 Å². The molecule has 0 bridgehead atoms. The van der Waals surface area contributed by atoms with E-state index in [0.717, 1.165) is 0 Å². The summed E-state index contributed by atoms with van der Waals surface area (Å²) in [5.41, 5.74) is 0.0926. The molecule has 0 heterocycles. The summed E-state index contributed by atoms with van der Waals surface area (Å²) < 4.78 is 0. The Labute approximate surface area is 92.5 Å². The molecule has 5 heteroatoms. The SMILES string of the molecule is CC(O)C(C)Sc1ccccc1[N+](=O)[O-]. The molecule has 0 aromatic heterocycles. The molecule has 2 unspecified atom stereocenters. The monoisotopic (exact) mass is 227 g/mol. The van der Waals surface area contributed by atoms with E-state index < -0.39 is 11.0 Å². The highest BCUT2D eigenvalue weighted by molar-refractivity contribution is 8.00. The van der Waals surface area contributed by atoms with Gasteiger partial charge >= 0.3 is 0 Å². The summed E-state index contributed by atoms with van der Waals surface area (Å²) >= 11 is 1.31. The minimum absolute atomic E-state index is 0.0638. The van der Waals surface area contributed by atoms with Gasteiger partial charge in [0.2, 0.25) is 0 Å². The van der Waals surface area contributed by atoms with Gasteiger partial charge in [0.05, 0.1) is 15.9 Å². The molecule has 0 aliphatic heterocycles. The standard InChI is InChI=1S/C10H13NO3S/c1-7(12)8(2)15-10-6-4-3-5-9(10)11(13)14/h3-8,12H,1-2H3. The number of nitro benzene ring substituents is 1. The fourth-order valence-corrected chi connectivity index (χ4v) is 2.02. The molecule has 4 nitrogen and oxygen atoms in total. The second kappa shape index (κ2) is 5.14. The topological polar surface area (TPSA) is 63.4 Å². The van der Waals surface area contributed by atoms with Crippen molar-refractivity contribution in [3.05, 3.63) is 34.4 Å². The average Bonchev–Trinajstić information content (AvgIpc) is 2.18. The Morgan fingerprint density at radius 2 is 2.00 bits per heavy atom. The molecule has 0 aliphatic rings. The molecule has 0 radical (unpaired) electrons. The third kappa shape index (κ3) is 3.21. The summed E-state index contributed by atoms with van der Waals surface area (Å²) in [6.07, 6.45) is -0.491. The number of hydrogen-bond acceptors (Lipinski definition) is 4. The normalized spacial score (nSPS) is 14.6. The summed E-state index contributed by atoms with van der Waals surface area (Å²) in [7, 11) is 0. The van der Waals surface area contributed by atoms with Crippen molar-refractivity contribution in [3.63, 3.8) is 0 Å². The third-order valence-corrected chi connectivity index (χ3v) is 3.42. The van der Waals surface area contributed by atoms with Crippen LogP contribution in [0.5, 0.6) is 0 Å². The van der Waals surface area contributed by atoms with Gasteiger partial charge in [-0.05, 0) is 13.0 Å². The molecular formula is C10H13NO3S. The first-order valence-corrected chi connectivity index (χ1v) is 5.48. The minimum Gasteiger partial charge on any atom is -0.392 e.